The van der Waals surface area contributed by atoms with Crippen molar-refractivity contribution in [3.8, 4) is 0 Å². The van der Waals surface area contributed by atoms with Crippen molar-refractivity contribution in [3.05, 3.63) is 0 Å². The number of carbonyl (C=O) groups is 4. The Labute approximate surface area is 218 Å². The average molecular weight is 511 g/mol. The summed E-state index contributed by atoms with van der Waals surface area (Å²) in [6.07, 6.45) is 7.71. The number of rotatable bonds is 8. The first-order chi connectivity index (χ1) is 16.9. The zero-order valence-corrected chi connectivity index (χ0v) is 23.7. The maximum atomic E-state index is 11.6. The molecule has 36 heavy (non-hydrogen) atoms. The van der Waals surface area contributed by atoms with Crippen LogP contribution in [0, 0.1) is 35.5 Å². The Bertz CT molecular complexity index is 663. The molecule has 2 rings (SSSR count). The molecule has 2 N–H and O–H groups in total. The van der Waals surface area contributed by atoms with E-state index in [1.54, 1.807) is 13.8 Å². The lowest BCUT2D eigenvalue weighted by molar-refractivity contribution is -0.148. The van der Waals surface area contributed by atoms with Gasteiger partial charge in [-0.25, -0.2) is 0 Å². The fourth-order valence-corrected chi connectivity index (χ4v) is 6.00. The highest BCUT2D eigenvalue weighted by atomic mass is 16.5. The lowest BCUT2D eigenvalue weighted by Crippen LogP contribution is -2.45. The van der Waals surface area contributed by atoms with Gasteiger partial charge in [-0.2, -0.15) is 0 Å². The molecule has 8 nitrogen and oxygen atoms in total. The smallest absolute Gasteiger partial charge is 0.308 e. The lowest BCUT2D eigenvalue weighted by atomic mass is 9.75. The maximum absolute atomic E-state index is 11.6. The molecule has 2 saturated carbocycles. The van der Waals surface area contributed by atoms with Crippen LogP contribution in [-0.4, -0.2) is 50.1 Å². The molecule has 2 amide bonds. The van der Waals surface area contributed by atoms with Crippen LogP contribution in [0.1, 0.15) is 92.9 Å². The number of amides is 2. The molecule has 0 radical (unpaired) electrons. The van der Waals surface area contributed by atoms with Gasteiger partial charge < -0.3 is 20.1 Å². The normalized spacial score (nSPS) is 25.6. The quantitative estimate of drug-likeness (QED) is 0.472. The molecule has 0 spiro atoms. The van der Waals surface area contributed by atoms with Crippen LogP contribution < -0.4 is 10.6 Å². The molecular formula is C28H50N2O6. The van der Waals surface area contributed by atoms with E-state index in [-0.39, 0.29) is 47.7 Å². The van der Waals surface area contributed by atoms with Gasteiger partial charge in [0.1, 0.15) is 0 Å². The molecule has 0 aliphatic heterocycles. The molecule has 0 aromatic rings. The van der Waals surface area contributed by atoms with Crippen molar-refractivity contribution in [3.63, 3.8) is 0 Å². The number of esters is 2. The minimum Gasteiger partial charge on any atom is -0.469 e. The van der Waals surface area contributed by atoms with E-state index >= 15 is 0 Å². The van der Waals surface area contributed by atoms with Gasteiger partial charge in [0.05, 0.1) is 26.1 Å². The van der Waals surface area contributed by atoms with Crippen LogP contribution in [0.5, 0.6) is 0 Å². The van der Waals surface area contributed by atoms with Gasteiger partial charge in [0.25, 0.3) is 0 Å². The molecule has 8 heteroatoms. The zero-order valence-electron chi connectivity index (χ0n) is 23.7. The number of hydrogen-bond acceptors (Lipinski definition) is 6. The summed E-state index contributed by atoms with van der Waals surface area (Å²) >= 11 is 0. The largest absolute Gasteiger partial charge is 0.469 e. The third kappa shape index (κ3) is 10.5. The molecule has 2 aliphatic rings. The van der Waals surface area contributed by atoms with E-state index in [0.717, 1.165) is 51.4 Å². The summed E-state index contributed by atoms with van der Waals surface area (Å²) in [6, 6.07) is 0.324. The Kier molecular flexibility index (Phi) is 14.1. The summed E-state index contributed by atoms with van der Waals surface area (Å²) in [4.78, 5) is 45.8. The second kappa shape index (κ2) is 15.9. The van der Waals surface area contributed by atoms with Gasteiger partial charge >= 0.3 is 11.9 Å². The summed E-state index contributed by atoms with van der Waals surface area (Å²) in [5.74, 6) is 1.34. The van der Waals surface area contributed by atoms with E-state index in [2.05, 4.69) is 38.3 Å². The predicted molar refractivity (Wildman–Crippen MR) is 140 cm³/mol. The van der Waals surface area contributed by atoms with Crippen LogP contribution in [0.3, 0.4) is 0 Å². The fraction of sp³-hybridized carbons (Fsp3) is 0.857. The van der Waals surface area contributed by atoms with Crippen LogP contribution in [0.2, 0.25) is 0 Å². The van der Waals surface area contributed by atoms with Gasteiger partial charge in [-0.1, -0.05) is 40.5 Å². The standard InChI is InChI=1S/2C14H25NO3/c2*1-9(2)13(15-10(3)16)11-6-5-7-12(8-11)14(17)18-4/h2*9,11-13H,5-8H2,1-4H3,(H,15,16)/t2*11-,12+,13-/m00/s1. The van der Waals surface area contributed by atoms with Gasteiger partial charge in [-0.3, -0.25) is 19.2 Å². The molecule has 0 heterocycles. The van der Waals surface area contributed by atoms with Crippen molar-refractivity contribution >= 4 is 23.8 Å². The van der Waals surface area contributed by atoms with Crippen molar-refractivity contribution in [2.24, 2.45) is 35.5 Å². The first-order valence-electron chi connectivity index (χ1n) is 13.6. The highest BCUT2D eigenvalue weighted by molar-refractivity contribution is 5.74. The second-order valence-corrected chi connectivity index (χ2v) is 11.2. The monoisotopic (exact) mass is 510 g/mol. The van der Waals surface area contributed by atoms with E-state index in [4.69, 9.17) is 9.47 Å². The predicted octanol–water partition coefficient (Wildman–Crippen LogP) is 4.25. The molecule has 0 aromatic carbocycles. The van der Waals surface area contributed by atoms with Crippen LogP contribution in [0.15, 0.2) is 0 Å². The third-order valence-electron chi connectivity index (χ3n) is 7.69. The number of methoxy groups -OCH3 is 2. The highest BCUT2D eigenvalue weighted by Gasteiger charge is 2.35. The Hall–Kier alpha value is -2.12. The summed E-state index contributed by atoms with van der Waals surface area (Å²) < 4.78 is 9.67. The van der Waals surface area contributed by atoms with Crippen molar-refractivity contribution in [1.29, 1.82) is 0 Å². The molecule has 0 saturated heterocycles. The van der Waals surface area contributed by atoms with Crippen LogP contribution in [0.4, 0.5) is 0 Å². The lowest BCUT2D eigenvalue weighted by Gasteiger charge is -2.35. The SMILES string of the molecule is COC(=O)[C@@H]1CCC[C@H]([C@@H](NC(C)=O)C(C)C)C1.COC(=O)[C@@H]1CCC[C@H]([C@@H](NC(C)=O)C(C)C)C1. The van der Waals surface area contributed by atoms with Gasteiger partial charge in [-0.15, -0.1) is 0 Å². The first-order valence-corrected chi connectivity index (χ1v) is 13.6. The van der Waals surface area contributed by atoms with Crippen molar-refractivity contribution < 1.29 is 28.7 Å². The Morgan fingerprint density at radius 1 is 0.639 bits per heavy atom. The summed E-state index contributed by atoms with van der Waals surface area (Å²) in [7, 11) is 2.89. The molecule has 0 aromatic heterocycles. The number of nitrogens with one attached hydrogen (secondary N) is 2. The number of hydrogen-bond donors (Lipinski definition) is 2. The van der Waals surface area contributed by atoms with Gasteiger partial charge in [0.2, 0.25) is 11.8 Å². The Morgan fingerprint density at radius 2 is 0.972 bits per heavy atom. The van der Waals surface area contributed by atoms with Gasteiger partial charge in [-0.05, 0) is 62.2 Å². The summed E-state index contributed by atoms with van der Waals surface area (Å²) in [6.45, 7) is 11.6. The molecule has 2 aliphatic carbocycles. The Balaban J connectivity index is 0.000000360. The average Bonchev–Trinajstić information content (AvgIpc) is 2.84. The molecule has 6 atom stereocenters. The minimum absolute atomic E-state index is 0.00348. The maximum Gasteiger partial charge on any atom is 0.308 e. The number of ether oxygens (including phenoxy) is 2. The topological polar surface area (TPSA) is 111 Å². The van der Waals surface area contributed by atoms with E-state index in [1.807, 2.05) is 0 Å². The third-order valence-corrected chi connectivity index (χ3v) is 7.69. The first kappa shape index (κ1) is 31.9. The summed E-state index contributed by atoms with van der Waals surface area (Å²) in [5.41, 5.74) is 0. The highest BCUT2D eigenvalue weighted by Crippen LogP contribution is 2.35. The van der Waals surface area contributed by atoms with Crippen molar-refractivity contribution in [2.75, 3.05) is 14.2 Å². The minimum atomic E-state index is -0.106. The molecular weight excluding hydrogens is 460 g/mol. The van der Waals surface area contributed by atoms with Crippen LogP contribution in [-0.2, 0) is 28.7 Å². The van der Waals surface area contributed by atoms with E-state index in [0.29, 0.717) is 23.7 Å². The van der Waals surface area contributed by atoms with Crippen molar-refractivity contribution in [2.45, 2.75) is 105 Å². The summed E-state index contributed by atoms with van der Waals surface area (Å²) in [5, 5.41) is 6.07. The van der Waals surface area contributed by atoms with E-state index in [1.165, 1.54) is 14.2 Å². The van der Waals surface area contributed by atoms with E-state index in [9.17, 15) is 19.2 Å². The second-order valence-electron chi connectivity index (χ2n) is 11.2. The van der Waals surface area contributed by atoms with E-state index < -0.39 is 0 Å². The zero-order chi connectivity index (χ0) is 27.4. The van der Waals surface area contributed by atoms with Crippen LogP contribution in [0.25, 0.3) is 0 Å². The van der Waals surface area contributed by atoms with Gasteiger partial charge in [0.15, 0.2) is 0 Å². The molecule has 0 unspecified atom stereocenters. The fourth-order valence-electron chi connectivity index (χ4n) is 6.00. The number of carbonyl (C=O) groups excluding carboxylic acids is 4. The molecule has 0 bridgehead atoms. The Morgan fingerprint density at radius 3 is 1.22 bits per heavy atom. The van der Waals surface area contributed by atoms with Gasteiger partial charge in [0, 0.05) is 25.9 Å². The molecule has 2 fully saturated rings. The molecule has 208 valence electrons. The van der Waals surface area contributed by atoms with Crippen molar-refractivity contribution in [1.82, 2.24) is 10.6 Å². The van der Waals surface area contributed by atoms with Crippen LogP contribution >= 0.6 is 0 Å².